The van der Waals surface area contributed by atoms with Crippen molar-refractivity contribution in [3.8, 4) is 0 Å². The molecule has 3 aromatic carbocycles. The average Bonchev–Trinajstić information content (AvgIpc) is 3.26. The van der Waals surface area contributed by atoms with Crippen molar-refractivity contribution in [3.05, 3.63) is 105 Å². The summed E-state index contributed by atoms with van der Waals surface area (Å²) in [6, 6.07) is 22.4. The Hall–Kier alpha value is -4.98. The van der Waals surface area contributed by atoms with Gasteiger partial charge >= 0.3 is 11.6 Å². The number of benzene rings is 3. The lowest BCUT2D eigenvalue weighted by Gasteiger charge is -2.31. The highest BCUT2D eigenvalue weighted by molar-refractivity contribution is 6.53. The maximum absolute atomic E-state index is 13.1. The van der Waals surface area contributed by atoms with Crippen LogP contribution in [0.1, 0.15) is 23.1 Å². The second kappa shape index (κ2) is 9.15. The zero-order chi connectivity index (χ0) is 26.4. The van der Waals surface area contributed by atoms with Crippen LogP contribution < -0.4 is 15.5 Å². The molecule has 0 saturated carbocycles. The first-order valence-corrected chi connectivity index (χ1v) is 12.3. The van der Waals surface area contributed by atoms with Gasteiger partial charge in [-0.3, -0.25) is 4.79 Å². The van der Waals surface area contributed by atoms with E-state index in [-0.39, 0.29) is 11.1 Å². The molecule has 1 aromatic heterocycles. The fraction of sp³-hybridized carbons (Fsp3) is 0.133. The Labute approximate surface area is 217 Å². The quantitative estimate of drug-likeness (QED) is 0.307. The molecule has 0 saturated heterocycles. The molecule has 2 aliphatic rings. The van der Waals surface area contributed by atoms with Crippen molar-refractivity contribution >= 4 is 51.7 Å². The van der Waals surface area contributed by atoms with Gasteiger partial charge in [-0.25, -0.2) is 9.59 Å². The minimum atomic E-state index is -1.36. The van der Waals surface area contributed by atoms with Gasteiger partial charge in [0.05, 0.1) is 16.8 Å². The van der Waals surface area contributed by atoms with Gasteiger partial charge in [0.25, 0.3) is 5.91 Å². The van der Waals surface area contributed by atoms with Crippen molar-refractivity contribution in [2.75, 3.05) is 16.5 Å². The minimum absolute atomic E-state index is 0.0795. The van der Waals surface area contributed by atoms with Gasteiger partial charge in [-0.1, -0.05) is 35.9 Å². The van der Waals surface area contributed by atoms with E-state index in [0.29, 0.717) is 16.7 Å². The second-order valence-electron chi connectivity index (χ2n) is 9.33. The molecular weight excluding hydrogens is 482 g/mol. The third kappa shape index (κ3) is 3.96. The molecule has 8 heteroatoms. The Morgan fingerprint density at radius 3 is 2.50 bits per heavy atom. The molecule has 0 fully saturated rings. The first kappa shape index (κ1) is 23.4. The molecule has 0 radical (unpaired) electrons. The molecule has 38 heavy (non-hydrogen) atoms. The Bertz CT molecular complexity index is 1720. The molecule has 0 unspecified atom stereocenters. The number of carbonyl (C=O) groups is 2. The first-order valence-electron chi connectivity index (χ1n) is 12.3. The molecule has 4 aromatic rings. The highest BCUT2D eigenvalue weighted by Gasteiger charge is 2.35. The van der Waals surface area contributed by atoms with Gasteiger partial charge < -0.3 is 14.4 Å². The highest BCUT2D eigenvalue weighted by atomic mass is 16.4. The SMILES string of the molecule is Cc1ccc(N2CCCc3c2ccc2cc(C=C4C(=O)N(c5ccccc5)N=C4C(=O)O)c(=O)oc32)cc1. The molecule has 0 bridgehead atoms. The summed E-state index contributed by atoms with van der Waals surface area (Å²) in [5.74, 6) is -1.99. The summed E-state index contributed by atoms with van der Waals surface area (Å²) >= 11 is 0. The van der Waals surface area contributed by atoms with Crippen LogP contribution >= 0.6 is 0 Å². The largest absolute Gasteiger partial charge is 0.476 e. The maximum Gasteiger partial charge on any atom is 0.357 e. The van der Waals surface area contributed by atoms with E-state index in [4.69, 9.17) is 4.42 Å². The van der Waals surface area contributed by atoms with E-state index in [1.54, 1.807) is 36.4 Å². The van der Waals surface area contributed by atoms with Crippen molar-refractivity contribution in [3.63, 3.8) is 0 Å². The van der Waals surface area contributed by atoms with Crippen LogP contribution in [0, 0.1) is 6.92 Å². The summed E-state index contributed by atoms with van der Waals surface area (Å²) < 4.78 is 5.81. The average molecular weight is 506 g/mol. The number of amides is 1. The molecular formula is C30H23N3O5. The summed E-state index contributed by atoms with van der Waals surface area (Å²) in [5.41, 5.74) is 3.93. The van der Waals surface area contributed by atoms with Gasteiger partial charge in [0, 0.05) is 28.9 Å². The molecule has 1 N–H and O–H groups in total. The van der Waals surface area contributed by atoms with Crippen LogP contribution in [0.15, 0.2) is 92.7 Å². The fourth-order valence-corrected chi connectivity index (χ4v) is 4.97. The Morgan fingerprint density at radius 2 is 1.76 bits per heavy atom. The van der Waals surface area contributed by atoms with Crippen molar-refractivity contribution in [2.24, 2.45) is 5.10 Å². The predicted octanol–water partition coefficient (Wildman–Crippen LogP) is 5.06. The zero-order valence-electron chi connectivity index (χ0n) is 20.5. The maximum atomic E-state index is 13.1. The van der Waals surface area contributed by atoms with E-state index in [1.165, 1.54) is 11.6 Å². The number of aliphatic carboxylic acids is 1. The number of fused-ring (bicyclic) bond motifs is 3. The number of rotatable bonds is 4. The van der Waals surface area contributed by atoms with Crippen molar-refractivity contribution in [2.45, 2.75) is 19.8 Å². The number of hydrogen-bond donors (Lipinski definition) is 1. The number of anilines is 3. The van der Waals surface area contributed by atoms with E-state index in [2.05, 4.69) is 34.3 Å². The molecule has 2 aliphatic heterocycles. The Balaban J connectivity index is 1.42. The lowest BCUT2D eigenvalue weighted by molar-refractivity contribution is -0.129. The van der Waals surface area contributed by atoms with Gasteiger partial charge in [-0.05, 0) is 68.3 Å². The fourth-order valence-electron chi connectivity index (χ4n) is 4.97. The van der Waals surface area contributed by atoms with Crippen LogP contribution in [0.3, 0.4) is 0 Å². The molecule has 3 heterocycles. The summed E-state index contributed by atoms with van der Waals surface area (Å²) in [4.78, 5) is 40.3. The van der Waals surface area contributed by atoms with E-state index in [0.717, 1.165) is 41.3 Å². The number of hydrogen-bond acceptors (Lipinski definition) is 6. The monoisotopic (exact) mass is 505 g/mol. The Kier molecular flexibility index (Phi) is 5.64. The number of nitrogens with zero attached hydrogens (tertiary/aromatic N) is 3. The van der Waals surface area contributed by atoms with Gasteiger partial charge in [0.1, 0.15) is 5.58 Å². The number of hydrazone groups is 1. The molecule has 0 spiro atoms. The number of carboxylic acid groups (broad SMARTS) is 1. The van der Waals surface area contributed by atoms with E-state index >= 15 is 0 Å². The highest BCUT2D eigenvalue weighted by Crippen LogP contribution is 2.37. The molecule has 188 valence electrons. The van der Waals surface area contributed by atoms with Crippen LogP contribution in [0.5, 0.6) is 0 Å². The van der Waals surface area contributed by atoms with Crippen molar-refractivity contribution in [1.82, 2.24) is 0 Å². The van der Waals surface area contributed by atoms with Crippen LogP contribution in [0.2, 0.25) is 0 Å². The Morgan fingerprint density at radius 1 is 1.00 bits per heavy atom. The van der Waals surface area contributed by atoms with Crippen LogP contribution in [-0.4, -0.2) is 29.2 Å². The molecule has 6 rings (SSSR count). The molecule has 0 aliphatic carbocycles. The van der Waals surface area contributed by atoms with Gasteiger partial charge in [0.2, 0.25) is 0 Å². The third-order valence-corrected chi connectivity index (χ3v) is 6.83. The van der Waals surface area contributed by atoms with E-state index in [1.807, 2.05) is 19.1 Å². The van der Waals surface area contributed by atoms with Crippen LogP contribution in [0.25, 0.3) is 17.0 Å². The predicted molar refractivity (Wildman–Crippen MR) is 146 cm³/mol. The summed E-state index contributed by atoms with van der Waals surface area (Å²) in [6.07, 6.45) is 2.91. The van der Waals surface area contributed by atoms with Crippen molar-refractivity contribution < 1.29 is 19.1 Å². The first-order chi connectivity index (χ1) is 18.4. The third-order valence-electron chi connectivity index (χ3n) is 6.83. The summed E-state index contributed by atoms with van der Waals surface area (Å²) in [6.45, 7) is 2.90. The second-order valence-corrected chi connectivity index (χ2v) is 9.33. The molecule has 1 amide bonds. The van der Waals surface area contributed by atoms with E-state index in [9.17, 15) is 19.5 Å². The lowest BCUT2D eigenvalue weighted by atomic mass is 9.97. The minimum Gasteiger partial charge on any atom is -0.476 e. The number of carboxylic acids is 1. The van der Waals surface area contributed by atoms with Gasteiger partial charge in [-0.15, -0.1) is 0 Å². The number of aryl methyl sites for hydroxylation is 2. The van der Waals surface area contributed by atoms with Crippen LogP contribution in [-0.2, 0) is 16.0 Å². The standard InChI is InChI=1S/C30H23N3O5/c1-18-9-12-21(13-10-18)32-15-5-8-23-25(32)14-11-19-16-20(30(37)38-27(19)23)17-24-26(29(35)36)31-33(28(24)34)22-6-3-2-4-7-22/h2-4,6-7,9-14,16-17H,5,8,15H2,1H3,(H,35,36). The van der Waals surface area contributed by atoms with Crippen molar-refractivity contribution in [1.29, 1.82) is 0 Å². The summed E-state index contributed by atoms with van der Waals surface area (Å²) in [7, 11) is 0. The molecule has 8 nitrogen and oxygen atoms in total. The number of carbonyl (C=O) groups excluding carboxylic acids is 1. The smallest absolute Gasteiger partial charge is 0.357 e. The van der Waals surface area contributed by atoms with E-state index < -0.39 is 23.2 Å². The lowest BCUT2D eigenvalue weighted by Crippen LogP contribution is -2.25. The van der Waals surface area contributed by atoms with Gasteiger partial charge in [0.15, 0.2) is 5.71 Å². The molecule has 0 atom stereocenters. The summed E-state index contributed by atoms with van der Waals surface area (Å²) in [5, 5.41) is 15.4. The zero-order valence-corrected chi connectivity index (χ0v) is 20.5. The number of para-hydroxylation sites is 1. The van der Waals surface area contributed by atoms with Gasteiger partial charge in [-0.2, -0.15) is 10.1 Å². The topological polar surface area (TPSA) is 103 Å². The normalized spacial score (nSPS) is 16.2. The van der Waals surface area contributed by atoms with Crippen LogP contribution in [0.4, 0.5) is 17.1 Å².